The Bertz CT molecular complexity index is 521. The summed E-state index contributed by atoms with van der Waals surface area (Å²) in [4.78, 5) is 0. The Kier molecular flexibility index (Phi) is 4.28. The van der Waals surface area contributed by atoms with Crippen LogP contribution in [0.2, 0.25) is 0 Å². The molecule has 0 unspecified atom stereocenters. The molecule has 1 rings (SSSR count). The fourth-order valence-corrected chi connectivity index (χ4v) is 2.14. The summed E-state index contributed by atoms with van der Waals surface area (Å²) in [6, 6.07) is 5.29. The molecule has 0 radical (unpaired) electrons. The van der Waals surface area contributed by atoms with Gasteiger partial charge in [-0.2, -0.15) is 0 Å². The second kappa shape index (κ2) is 5.31. The van der Waals surface area contributed by atoms with Crippen molar-refractivity contribution in [3.05, 3.63) is 29.3 Å². The van der Waals surface area contributed by atoms with Crippen LogP contribution in [0.15, 0.2) is 18.2 Å². The van der Waals surface area contributed by atoms with Gasteiger partial charge in [0.05, 0.1) is 18.1 Å². The van der Waals surface area contributed by atoms with Gasteiger partial charge in [-0.3, -0.25) is 0 Å². The molecular weight excluding hydrogens is 238 g/mol. The number of aryl methyl sites for hydroxylation is 1. The molecule has 5 heteroatoms. The molecule has 0 bridgehead atoms. The number of rotatable bonds is 5. The summed E-state index contributed by atoms with van der Waals surface area (Å²) in [6.07, 6.45) is 1.12. The van der Waals surface area contributed by atoms with Crippen molar-refractivity contribution in [2.24, 2.45) is 0 Å². The van der Waals surface area contributed by atoms with E-state index in [9.17, 15) is 8.42 Å². The fourth-order valence-electron chi connectivity index (χ4n) is 1.44. The van der Waals surface area contributed by atoms with Gasteiger partial charge < -0.3 is 10.1 Å². The van der Waals surface area contributed by atoms with Gasteiger partial charge in [0.25, 0.3) is 0 Å². The van der Waals surface area contributed by atoms with Crippen LogP contribution >= 0.6 is 0 Å². The average molecular weight is 255 g/mol. The number of sulfone groups is 1. The largest absolute Gasteiger partial charge is 0.494 e. The van der Waals surface area contributed by atoms with Crippen molar-refractivity contribution in [3.63, 3.8) is 0 Å². The first-order chi connectivity index (χ1) is 7.83. The molecular formula is C12H17NO3S. The second-order valence-electron chi connectivity index (χ2n) is 3.96. The Morgan fingerprint density at radius 3 is 2.59 bits per heavy atom. The Labute approximate surface area is 102 Å². The van der Waals surface area contributed by atoms with E-state index in [1.807, 2.05) is 19.9 Å². The van der Waals surface area contributed by atoms with Crippen LogP contribution in [-0.4, -0.2) is 32.7 Å². The van der Waals surface area contributed by atoms with Gasteiger partial charge in [0.15, 0.2) is 9.84 Å². The summed E-state index contributed by atoms with van der Waals surface area (Å²) < 4.78 is 27.7. The highest BCUT2D eigenvalue weighted by Gasteiger charge is 2.11. The summed E-state index contributed by atoms with van der Waals surface area (Å²) in [5, 5.41) is 7.75. The maximum absolute atomic E-state index is 11.1. The summed E-state index contributed by atoms with van der Waals surface area (Å²) >= 11 is 0. The van der Waals surface area contributed by atoms with Gasteiger partial charge >= 0.3 is 0 Å². The number of hydrogen-bond acceptors (Lipinski definition) is 4. The third-order valence-electron chi connectivity index (χ3n) is 2.24. The maximum Gasteiger partial charge on any atom is 0.153 e. The lowest BCUT2D eigenvalue weighted by molar-refractivity contribution is 0.338. The van der Waals surface area contributed by atoms with Crippen LogP contribution in [-0.2, 0) is 9.84 Å². The molecule has 1 aromatic carbocycles. The van der Waals surface area contributed by atoms with Crippen LogP contribution in [0.5, 0.6) is 5.75 Å². The van der Waals surface area contributed by atoms with Gasteiger partial charge in [-0.05, 0) is 31.0 Å². The standard InChI is InChI=1S/C12H17NO3S/c1-4-16-12-7-10(6-5-9(12)2)11(13)8-17(3,14)15/h5-7,13H,4,8H2,1-3H3. The van der Waals surface area contributed by atoms with Crippen LogP contribution in [0.1, 0.15) is 18.1 Å². The zero-order valence-electron chi connectivity index (χ0n) is 10.3. The first kappa shape index (κ1) is 13.7. The third-order valence-corrected chi connectivity index (χ3v) is 3.06. The molecule has 0 aliphatic carbocycles. The van der Waals surface area contributed by atoms with Crippen molar-refractivity contribution in [3.8, 4) is 5.75 Å². The molecule has 0 atom stereocenters. The maximum atomic E-state index is 11.1. The molecule has 17 heavy (non-hydrogen) atoms. The molecule has 0 aliphatic rings. The molecule has 0 aromatic heterocycles. The van der Waals surface area contributed by atoms with Crippen LogP contribution in [0.4, 0.5) is 0 Å². The number of ether oxygens (including phenoxy) is 1. The first-order valence-corrected chi connectivity index (χ1v) is 7.38. The van der Waals surface area contributed by atoms with E-state index in [0.717, 1.165) is 11.8 Å². The normalized spacial score (nSPS) is 11.2. The molecule has 0 amide bonds. The molecule has 0 fully saturated rings. The quantitative estimate of drug-likeness (QED) is 0.816. The molecule has 1 N–H and O–H groups in total. The van der Waals surface area contributed by atoms with Gasteiger partial charge in [0.1, 0.15) is 5.75 Å². The van der Waals surface area contributed by atoms with Gasteiger partial charge in [0, 0.05) is 6.26 Å². The summed E-state index contributed by atoms with van der Waals surface area (Å²) in [7, 11) is -3.17. The van der Waals surface area contributed by atoms with E-state index in [2.05, 4.69) is 0 Å². The van der Waals surface area contributed by atoms with E-state index in [4.69, 9.17) is 10.1 Å². The van der Waals surface area contributed by atoms with E-state index in [0.29, 0.717) is 17.9 Å². The SMILES string of the molecule is CCOc1cc(C(=N)CS(C)(=O)=O)ccc1C. The first-order valence-electron chi connectivity index (χ1n) is 5.32. The molecule has 0 saturated heterocycles. The number of nitrogens with one attached hydrogen (secondary N) is 1. The molecule has 4 nitrogen and oxygen atoms in total. The van der Waals surface area contributed by atoms with Crippen LogP contribution in [0.25, 0.3) is 0 Å². The van der Waals surface area contributed by atoms with Crippen molar-refractivity contribution < 1.29 is 13.2 Å². The second-order valence-corrected chi connectivity index (χ2v) is 6.10. The van der Waals surface area contributed by atoms with Crippen LogP contribution in [0, 0.1) is 12.3 Å². The minimum atomic E-state index is -3.17. The van der Waals surface area contributed by atoms with Crippen molar-refractivity contribution in [2.75, 3.05) is 18.6 Å². The summed E-state index contributed by atoms with van der Waals surface area (Å²) in [5.41, 5.74) is 1.65. The Morgan fingerprint density at radius 1 is 1.41 bits per heavy atom. The lowest BCUT2D eigenvalue weighted by Gasteiger charge is -2.09. The van der Waals surface area contributed by atoms with Crippen LogP contribution in [0.3, 0.4) is 0 Å². The van der Waals surface area contributed by atoms with Crippen molar-refractivity contribution >= 4 is 15.5 Å². The minimum absolute atomic E-state index is 0.0912. The van der Waals surface area contributed by atoms with Crippen LogP contribution < -0.4 is 4.74 Å². The van der Waals surface area contributed by atoms with E-state index in [1.165, 1.54) is 0 Å². The molecule has 0 spiro atoms. The topological polar surface area (TPSA) is 67.2 Å². The Balaban J connectivity index is 2.99. The number of hydrogen-bond donors (Lipinski definition) is 1. The van der Waals surface area contributed by atoms with Gasteiger partial charge in [-0.25, -0.2) is 8.42 Å². The van der Waals surface area contributed by atoms with E-state index >= 15 is 0 Å². The van der Waals surface area contributed by atoms with E-state index < -0.39 is 9.84 Å². The average Bonchev–Trinajstić information content (AvgIpc) is 2.19. The predicted octanol–water partition coefficient (Wildman–Crippen LogP) is 1.81. The predicted molar refractivity (Wildman–Crippen MR) is 68.9 cm³/mol. The molecule has 94 valence electrons. The minimum Gasteiger partial charge on any atom is -0.494 e. The third kappa shape index (κ3) is 4.19. The molecule has 0 aliphatic heterocycles. The zero-order chi connectivity index (χ0) is 13.1. The van der Waals surface area contributed by atoms with E-state index in [-0.39, 0.29) is 11.5 Å². The Hall–Kier alpha value is -1.36. The van der Waals surface area contributed by atoms with Gasteiger partial charge in [-0.15, -0.1) is 0 Å². The van der Waals surface area contributed by atoms with Crippen molar-refractivity contribution in [1.82, 2.24) is 0 Å². The lowest BCUT2D eigenvalue weighted by Crippen LogP contribution is -2.14. The molecule has 0 heterocycles. The number of benzene rings is 1. The monoisotopic (exact) mass is 255 g/mol. The fraction of sp³-hybridized carbons (Fsp3) is 0.417. The highest BCUT2D eigenvalue weighted by atomic mass is 32.2. The van der Waals surface area contributed by atoms with Gasteiger partial charge in [0.2, 0.25) is 0 Å². The molecule has 1 aromatic rings. The van der Waals surface area contributed by atoms with Crippen molar-refractivity contribution in [1.29, 1.82) is 5.41 Å². The van der Waals surface area contributed by atoms with Crippen molar-refractivity contribution in [2.45, 2.75) is 13.8 Å². The highest BCUT2D eigenvalue weighted by Crippen LogP contribution is 2.20. The van der Waals surface area contributed by atoms with Gasteiger partial charge in [-0.1, -0.05) is 12.1 Å². The summed E-state index contributed by atoms with van der Waals surface area (Å²) in [5.74, 6) is 0.449. The Morgan fingerprint density at radius 2 is 2.06 bits per heavy atom. The lowest BCUT2D eigenvalue weighted by atomic mass is 10.1. The van der Waals surface area contributed by atoms with E-state index in [1.54, 1.807) is 12.1 Å². The zero-order valence-corrected chi connectivity index (χ0v) is 11.1. The summed E-state index contributed by atoms with van der Waals surface area (Å²) in [6.45, 7) is 4.34. The smallest absolute Gasteiger partial charge is 0.153 e. The molecule has 0 saturated carbocycles. The highest BCUT2D eigenvalue weighted by molar-refractivity contribution is 7.91.